The van der Waals surface area contributed by atoms with Crippen LogP contribution in [0, 0.1) is 13.8 Å². The number of aryl methyl sites for hydroxylation is 2. The van der Waals surface area contributed by atoms with Crippen LogP contribution in [-0.4, -0.2) is 14.3 Å². The zero-order valence-electron chi connectivity index (χ0n) is 17.7. The molecule has 4 rings (SSSR count). The molecule has 1 aliphatic rings. The largest absolute Gasteiger partial charge is 0.273 e. The number of amides is 1. The van der Waals surface area contributed by atoms with E-state index in [1.807, 2.05) is 62.4 Å². The Morgan fingerprint density at radius 2 is 1.58 bits per heavy atom. The van der Waals surface area contributed by atoms with Crippen molar-refractivity contribution in [3.8, 4) is 0 Å². The molecule has 1 heterocycles. The van der Waals surface area contributed by atoms with E-state index in [-0.39, 0.29) is 23.2 Å². The molecular formula is C26H25NO3S. The van der Waals surface area contributed by atoms with Crippen LogP contribution in [0.2, 0.25) is 0 Å². The fraction of sp³-hybridized carbons (Fsp3) is 0.192. The molecule has 0 N–H and O–H groups in total. The number of allylic oxidation sites excluding steroid dienone is 1. The van der Waals surface area contributed by atoms with E-state index in [1.165, 1.54) is 0 Å². The molecule has 4 nitrogen and oxygen atoms in total. The highest BCUT2D eigenvalue weighted by Crippen LogP contribution is 2.45. The van der Waals surface area contributed by atoms with Gasteiger partial charge in [0.2, 0.25) is 5.91 Å². The number of hydrogen-bond donors (Lipinski definition) is 0. The predicted octanol–water partition coefficient (Wildman–Crippen LogP) is 5.48. The van der Waals surface area contributed by atoms with E-state index >= 15 is 0 Å². The molecule has 0 unspecified atom stereocenters. The quantitative estimate of drug-likeness (QED) is 0.514. The van der Waals surface area contributed by atoms with Crippen LogP contribution >= 0.6 is 0 Å². The van der Waals surface area contributed by atoms with Crippen LogP contribution in [0.4, 0.5) is 5.69 Å². The van der Waals surface area contributed by atoms with Gasteiger partial charge in [0.05, 0.1) is 10.6 Å². The first-order chi connectivity index (χ1) is 14.8. The topological polar surface area (TPSA) is 54.5 Å². The van der Waals surface area contributed by atoms with Crippen molar-refractivity contribution in [1.82, 2.24) is 0 Å². The Labute approximate surface area is 183 Å². The van der Waals surface area contributed by atoms with Crippen molar-refractivity contribution < 1.29 is 13.2 Å². The molecule has 0 fully saturated rings. The van der Waals surface area contributed by atoms with Crippen molar-refractivity contribution in [2.45, 2.75) is 37.0 Å². The first kappa shape index (κ1) is 21.1. The number of rotatable bonds is 4. The molecule has 158 valence electrons. The SMILES string of the molecule is C=C[C@H]1c2cc(C)ccc2N(S(=O)(=O)c2ccc(C)cc2)C(=O)C[C@@H]1c1ccccc1. The first-order valence-corrected chi connectivity index (χ1v) is 11.7. The fourth-order valence-electron chi connectivity index (χ4n) is 4.27. The Balaban J connectivity index is 1.93. The second kappa shape index (κ2) is 8.16. The lowest BCUT2D eigenvalue weighted by Gasteiger charge is -2.24. The summed E-state index contributed by atoms with van der Waals surface area (Å²) in [4.78, 5) is 13.6. The summed E-state index contributed by atoms with van der Waals surface area (Å²) in [5.41, 5.74) is 4.14. The van der Waals surface area contributed by atoms with E-state index in [0.29, 0.717) is 5.69 Å². The molecular weight excluding hydrogens is 406 g/mol. The van der Waals surface area contributed by atoms with Gasteiger partial charge in [-0.15, -0.1) is 6.58 Å². The molecule has 0 aliphatic carbocycles. The third-order valence-electron chi connectivity index (χ3n) is 5.86. The standard InChI is InChI=1S/C26H25NO3S/c1-4-22-23(20-8-6-5-7-9-20)17-26(28)27(25-15-12-19(3)16-24(22)25)31(29,30)21-13-10-18(2)11-14-21/h4-16,22-23H,1,17H2,2-3H3/t22-,23-/m1/s1. The average molecular weight is 432 g/mol. The van der Waals surface area contributed by atoms with Crippen LogP contribution in [0.1, 0.15) is 40.5 Å². The number of nitrogens with zero attached hydrogens (tertiary/aromatic N) is 1. The molecule has 0 bridgehead atoms. The van der Waals surface area contributed by atoms with Gasteiger partial charge in [0.1, 0.15) is 0 Å². The minimum absolute atomic E-state index is 0.0690. The molecule has 31 heavy (non-hydrogen) atoms. The maximum absolute atomic E-state index is 13.6. The van der Waals surface area contributed by atoms with E-state index in [0.717, 1.165) is 26.6 Å². The van der Waals surface area contributed by atoms with E-state index in [4.69, 9.17) is 0 Å². The van der Waals surface area contributed by atoms with Gasteiger partial charge in [-0.2, -0.15) is 0 Å². The van der Waals surface area contributed by atoms with Crippen LogP contribution in [0.25, 0.3) is 0 Å². The van der Waals surface area contributed by atoms with E-state index in [2.05, 4.69) is 6.58 Å². The lowest BCUT2D eigenvalue weighted by Crippen LogP contribution is -2.37. The lowest BCUT2D eigenvalue weighted by atomic mass is 9.79. The maximum Gasteiger partial charge on any atom is 0.270 e. The Hall–Kier alpha value is -3.18. The minimum atomic E-state index is -4.07. The van der Waals surface area contributed by atoms with Crippen molar-refractivity contribution in [1.29, 1.82) is 0 Å². The van der Waals surface area contributed by atoms with Gasteiger partial charge in [-0.1, -0.05) is 71.8 Å². The normalized spacial score (nSPS) is 18.9. The first-order valence-electron chi connectivity index (χ1n) is 10.3. The lowest BCUT2D eigenvalue weighted by molar-refractivity contribution is -0.117. The summed E-state index contributed by atoms with van der Waals surface area (Å²) in [6.07, 6.45) is 1.89. The van der Waals surface area contributed by atoms with Gasteiger partial charge in [0, 0.05) is 18.3 Å². The second-order valence-electron chi connectivity index (χ2n) is 8.02. The van der Waals surface area contributed by atoms with Gasteiger partial charge in [0.25, 0.3) is 10.0 Å². The fourth-order valence-corrected chi connectivity index (χ4v) is 5.73. The molecule has 1 aliphatic heterocycles. The van der Waals surface area contributed by atoms with Gasteiger partial charge < -0.3 is 0 Å². The van der Waals surface area contributed by atoms with Gasteiger partial charge >= 0.3 is 0 Å². The molecule has 0 spiro atoms. The van der Waals surface area contributed by atoms with Crippen molar-refractivity contribution in [3.05, 3.63) is 108 Å². The van der Waals surface area contributed by atoms with Gasteiger partial charge in [-0.05, 0) is 43.2 Å². The zero-order valence-corrected chi connectivity index (χ0v) is 18.5. The summed E-state index contributed by atoms with van der Waals surface area (Å²) < 4.78 is 28.2. The monoisotopic (exact) mass is 431 g/mol. The molecule has 5 heteroatoms. The summed E-state index contributed by atoms with van der Waals surface area (Å²) >= 11 is 0. The summed E-state index contributed by atoms with van der Waals surface area (Å²) in [5.74, 6) is -0.840. The molecule has 0 saturated heterocycles. The third-order valence-corrected chi connectivity index (χ3v) is 7.61. The summed E-state index contributed by atoms with van der Waals surface area (Å²) in [5, 5.41) is 0. The number of benzene rings is 3. The highest BCUT2D eigenvalue weighted by atomic mass is 32.2. The Kier molecular flexibility index (Phi) is 5.54. The number of carbonyl (C=O) groups excluding carboxylic acids is 1. The minimum Gasteiger partial charge on any atom is -0.273 e. The Morgan fingerprint density at radius 3 is 2.23 bits per heavy atom. The predicted molar refractivity (Wildman–Crippen MR) is 124 cm³/mol. The number of carbonyl (C=O) groups is 1. The van der Waals surface area contributed by atoms with E-state index in [1.54, 1.807) is 30.3 Å². The molecule has 2 atom stereocenters. The van der Waals surface area contributed by atoms with Crippen molar-refractivity contribution >= 4 is 21.6 Å². The molecule has 0 aromatic heterocycles. The highest BCUT2D eigenvalue weighted by molar-refractivity contribution is 7.93. The molecule has 0 radical (unpaired) electrons. The summed E-state index contributed by atoms with van der Waals surface area (Å²) in [6.45, 7) is 7.89. The Bertz CT molecular complexity index is 1230. The maximum atomic E-state index is 13.6. The molecule has 0 saturated carbocycles. The highest BCUT2D eigenvalue weighted by Gasteiger charge is 2.40. The van der Waals surface area contributed by atoms with Gasteiger partial charge in [-0.3, -0.25) is 4.79 Å². The zero-order chi connectivity index (χ0) is 22.2. The van der Waals surface area contributed by atoms with Crippen molar-refractivity contribution in [3.63, 3.8) is 0 Å². The van der Waals surface area contributed by atoms with Gasteiger partial charge in [-0.25, -0.2) is 12.7 Å². The Morgan fingerprint density at radius 1 is 0.935 bits per heavy atom. The average Bonchev–Trinajstić information content (AvgIpc) is 2.88. The number of anilines is 1. The van der Waals surface area contributed by atoms with Crippen molar-refractivity contribution in [2.75, 3.05) is 4.31 Å². The van der Waals surface area contributed by atoms with Crippen LogP contribution in [0.3, 0.4) is 0 Å². The summed E-state index contributed by atoms with van der Waals surface area (Å²) in [7, 11) is -4.07. The third kappa shape index (κ3) is 3.81. The number of fused-ring (bicyclic) bond motifs is 1. The van der Waals surface area contributed by atoms with E-state index in [9.17, 15) is 13.2 Å². The van der Waals surface area contributed by atoms with Crippen molar-refractivity contribution in [2.24, 2.45) is 0 Å². The smallest absolute Gasteiger partial charge is 0.270 e. The van der Waals surface area contributed by atoms with Crippen LogP contribution in [-0.2, 0) is 14.8 Å². The second-order valence-corrected chi connectivity index (χ2v) is 9.81. The number of sulfonamides is 1. The number of hydrogen-bond acceptors (Lipinski definition) is 3. The molecule has 3 aromatic rings. The van der Waals surface area contributed by atoms with Gasteiger partial charge in [0.15, 0.2) is 0 Å². The van der Waals surface area contributed by atoms with E-state index < -0.39 is 15.9 Å². The van der Waals surface area contributed by atoms with Crippen LogP contribution in [0.5, 0.6) is 0 Å². The van der Waals surface area contributed by atoms with Crippen LogP contribution in [0.15, 0.2) is 90.3 Å². The molecule has 3 aromatic carbocycles. The molecule has 1 amide bonds. The summed E-state index contributed by atoms with van der Waals surface area (Å²) in [6, 6.07) is 21.9. The van der Waals surface area contributed by atoms with Crippen LogP contribution < -0.4 is 4.31 Å².